The molecular weight excluding hydrogens is 395 g/mol. The van der Waals surface area contributed by atoms with Gasteiger partial charge < -0.3 is 4.74 Å². The lowest BCUT2D eigenvalue weighted by Gasteiger charge is -2.08. The molecule has 1 aliphatic carbocycles. The van der Waals surface area contributed by atoms with Crippen LogP contribution in [0, 0.1) is 30.0 Å². The van der Waals surface area contributed by atoms with Crippen molar-refractivity contribution in [3.05, 3.63) is 88.2 Å². The SMILES string of the molecule is C#Cc1ccc(C#Cc2ccc3c(c2)Cc2cc(OCCCCCCC)ccc2-3)cc1F. The average Bonchev–Trinajstić information content (AvgIpc) is 3.17. The highest BCUT2D eigenvalue weighted by atomic mass is 19.1. The Morgan fingerprint density at radius 2 is 1.53 bits per heavy atom. The number of terminal acetylenes is 1. The van der Waals surface area contributed by atoms with E-state index in [1.807, 2.05) is 6.07 Å². The Kier molecular flexibility index (Phi) is 6.94. The number of halogens is 1. The van der Waals surface area contributed by atoms with Crippen LogP contribution in [0.3, 0.4) is 0 Å². The second kappa shape index (κ2) is 10.2. The first-order valence-corrected chi connectivity index (χ1v) is 11.3. The molecule has 0 spiro atoms. The fourth-order valence-corrected chi connectivity index (χ4v) is 4.10. The van der Waals surface area contributed by atoms with Crippen molar-refractivity contribution < 1.29 is 9.13 Å². The first-order valence-electron chi connectivity index (χ1n) is 11.3. The Bertz CT molecular complexity index is 1220. The molecule has 0 unspecified atom stereocenters. The zero-order chi connectivity index (χ0) is 22.3. The molecule has 0 saturated heterocycles. The van der Waals surface area contributed by atoms with Crippen molar-refractivity contribution in [2.45, 2.75) is 45.4 Å². The van der Waals surface area contributed by atoms with Gasteiger partial charge in [0.1, 0.15) is 11.6 Å². The van der Waals surface area contributed by atoms with Crippen molar-refractivity contribution in [3.8, 4) is 41.1 Å². The molecule has 0 radical (unpaired) electrons. The molecule has 3 aromatic carbocycles. The maximum absolute atomic E-state index is 13.9. The number of benzene rings is 3. The van der Waals surface area contributed by atoms with Crippen LogP contribution in [0.1, 0.15) is 66.8 Å². The van der Waals surface area contributed by atoms with Gasteiger partial charge in [-0.15, -0.1) is 6.42 Å². The summed E-state index contributed by atoms with van der Waals surface area (Å²) in [5.41, 5.74) is 6.86. The van der Waals surface area contributed by atoms with Gasteiger partial charge in [0.05, 0.1) is 12.2 Å². The Labute approximate surface area is 190 Å². The van der Waals surface area contributed by atoms with Crippen LogP contribution in [-0.4, -0.2) is 6.61 Å². The van der Waals surface area contributed by atoms with Gasteiger partial charge in [-0.2, -0.15) is 0 Å². The molecule has 0 aliphatic heterocycles. The van der Waals surface area contributed by atoms with Crippen molar-refractivity contribution in [2.75, 3.05) is 6.61 Å². The van der Waals surface area contributed by atoms with Crippen LogP contribution in [0.4, 0.5) is 4.39 Å². The van der Waals surface area contributed by atoms with Gasteiger partial charge in [0.2, 0.25) is 0 Å². The Balaban J connectivity index is 1.42. The summed E-state index contributed by atoms with van der Waals surface area (Å²) >= 11 is 0. The monoisotopic (exact) mass is 422 g/mol. The lowest BCUT2D eigenvalue weighted by Crippen LogP contribution is -1.97. The second-order valence-corrected chi connectivity index (χ2v) is 8.22. The van der Waals surface area contributed by atoms with Gasteiger partial charge in [0.25, 0.3) is 0 Å². The van der Waals surface area contributed by atoms with Gasteiger partial charge in [0.15, 0.2) is 0 Å². The van der Waals surface area contributed by atoms with Gasteiger partial charge in [0, 0.05) is 11.1 Å². The predicted octanol–water partition coefficient (Wildman–Crippen LogP) is 7.13. The molecule has 0 atom stereocenters. The van der Waals surface area contributed by atoms with Crippen LogP contribution in [-0.2, 0) is 6.42 Å². The molecule has 0 N–H and O–H groups in total. The summed E-state index contributed by atoms with van der Waals surface area (Å²) in [6.45, 7) is 3.01. The van der Waals surface area contributed by atoms with Gasteiger partial charge in [-0.25, -0.2) is 4.39 Å². The molecule has 0 amide bonds. The summed E-state index contributed by atoms with van der Waals surface area (Å²) in [5, 5.41) is 0. The van der Waals surface area contributed by atoms with Crippen LogP contribution in [0.15, 0.2) is 54.6 Å². The van der Waals surface area contributed by atoms with Crippen LogP contribution in [0.2, 0.25) is 0 Å². The topological polar surface area (TPSA) is 9.23 Å². The van der Waals surface area contributed by atoms with E-state index in [0.29, 0.717) is 5.56 Å². The Hall–Kier alpha value is -3.49. The predicted molar refractivity (Wildman–Crippen MR) is 129 cm³/mol. The van der Waals surface area contributed by atoms with E-state index in [9.17, 15) is 4.39 Å². The minimum atomic E-state index is -0.414. The third kappa shape index (κ3) is 5.04. The van der Waals surface area contributed by atoms with Gasteiger partial charge in [-0.3, -0.25) is 0 Å². The van der Waals surface area contributed by atoms with Gasteiger partial charge >= 0.3 is 0 Å². The Morgan fingerprint density at radius 1 is 0.844 bits per heavy atom. The molecule has 0 aromatic heterocycles. The summed E-state index contributed by atoms with van der Waals surface area (Å²) in [7, 11) is 0. The van der Waals surface area contributed by atoms with E-state index in [1.165, 1.54) is 54.0 Å². The zero-order valence-electron chi connectivity index (χ0n) is 18.5. The minimum absolute atomic E-state index is 0.255. The number of ether oxygens (including phenoxy) is 1. The van der Waals surface area contributed by atoms with Gasteiger partial charge in [-0.1, -0.05) is 62.5 Å². The number of rotatable bonds is 7. The average molecular weight is 423 g/mol. The second-order valence-electron chi connectivity index (χ2n) is 8.22. The number of hydrogen-bond donors (Lipinski definition) is 0. The van der Waals surface area contributed by atoms with Crippen LogP contribution < -0.4 is 4.74 Å². The van der Waals surface area contributed by atoms with E-state index in [1.54, 1.807) is 12.1 Å². The summed E-state index contributed by atoms with van der Waals surface area (Å²) < 4.78 is 19.8. The highest BCUT2D eigenvalue weighted by Gasteiger charge is 2.19. The Morgan fingerprint density at radius 3 is 2.28 bits per heavy atom. The normalized spacial score (nSPS) is 11.2. The van der Waals surface area contributed by atoms with E-state index in [0.717, 1.165) is 30.8 Å². The first-order chi connectivity index (χ1) is 15.7. The van der Waals surface area contributed by atoms with Crippen LogP contribution in [0.25, 0.3) is 11.1 Å². The van der Waals surface area contributed by atoms with Gasteiger partial charge in [-0.05, 0) is 77.6 Å². The third-order valence-corrected chi connectivity index (χ3v) is 5.85. The summed E-state index contributed by atoms with van der Waals surface area (Å²) in [6.07, 6.45) is 12.3. The third-order valence-electron chi connectivity index (χ3n) is 5.85. The standard InChI is InChI=1S/C30H27FO/c1-3-5-6-7-8-17-32-27-14-16-29-26(21-27)20-25-18-22(12-15-28(25)29)9-10-23-11-13-24(4-2)30(31)19-23/h2,11-16,18-19,21H,3,5-8,17,20H2,1H3. The van der Waals surface area contributed by atoms with Crippen molar-refractivity contribution in [3.63, 3.8) is 0 Å². The molecule has 0 bridgehead atoms. The molecule has 2 heteroatoms. The van der Waals surface area contributed by atoms with Crippen molar-refractivity contribution >= 4 is 0 Å². The van der Waals surface area contributed by atoms with E-state index in [2.05, 4.69) is 55.0 Å². The quantitative estimate of drug-likeness (QED) is 0.227. The number of fused-ring (bicyclic) bond motifs is 3. The van der Waals surface area contributed by atoms with Crippen LogP contribution >= 0.6 is 0 Å². The summed E-state index contributed by atoms with van der Waals surface area (Å²) in [5.74, 6) is 9.05. The maximum atomic E-state index is 13.9. The van der Waals surface area contributed by atoms with Crippen molar-refractivity contribution in [1.29, 1.82) is 0 Å². The molecule has 1 nitrogen and oxygen atoms in total. The van der Waals surface area contributed by atoms with Crippen LogP contribution in [0.5, 0.6) is 5.75 Å². The minimum Gasteiger partial charge on any atom is -0.494 e. The molecule has 0 saturated carbocycles. The maximum Gasteiger partial charge on any atom is 0.140 e. The number of unbranched alkanes of at least 4 members (excludes halogenated alkanes) is 4. The largest absolute Gasteiger partial charge is 0.494 e. The number of hydrogen-bond acceptors (Lipinski definition) is 1. The van der Waals surface area contributed by atoms with E-state index in [4.69, 9.17) is 11.2 Å². The molecule has 1 aliphatic rings. The molecule has 0 fully saturated rings. The van der Waals surface area contributed by atoms with E-state index < -0.39 is 5.82 Å². The lowest BCUT2D eigenvalue weighted by atomic mass is 10.0. The van der Waals surface area contributed by atoms with E-state index in [-0.39, 0.29) is 5.56 Å². The first kappa shape index (κ1) is 21.7. The van der Waals surface area contributed by atoms with E-state index >= 15 is 0 Å². The molecule has 32 heavy (non-hydrogen) atoms. The fraction of sp³-hybridized carbons (Fsp3) is 0.267. The zero-order valence-corrected chi connectivity index (χ0v) is 18.5. The summed E-state index contributed by atoms with van der Waals surface area (Å²) in [4.78, 5) is 0. The molecule has 4 rings (SSSR count). The van der Waals surface area contributed by atoms with Crippen molar-refractivity contribution in [2.24, 2.45) is 0 Å². The summed E-state index contributed by atoms with van der Waals surface area (Å²) in [6, 6.07) is 17.4. The molecule has 160 valence electrons. The smallest absolute Gasteiger partial charge is 0.140 e. The highest BCUT2D eigenvalue weighted by Crippen LogP contribution is 2.38. The highest BCUT2D eigenvalue weighted by molar-refractivity contribution is 5.78. The molecular formula is C30H27FO. The fourth-order valence-electron chi connectivity index (χ4n) is 4.10. The lowest BCUT2D eigenvalue weighted by molar-refractivity contribution is 0.304. The van der Waals surface area contributed by atoms with Crippen molar-refractivity contribution in [1.82, 2.24) is 0 Å². The molecule has 0 heterocycles. The molecule has 3 aromatic rings.